The standard InChI is InChI=1S/C14H21N/c1-10(2)4-6-12-9-15-14-7-5-11(3)8-13(12)14/h5,7,9-11,15H,4,6,8H2,1-3H3. The van der Waals surface area contributed by atoms with Gasteiger partial charge in [0, 0.05) is 11.9 Å². The number of hydrogen-bond acceptors (Lipinski definition) is 0. The van der Waals surface area contributed by atoms with E-state index in [1.807, 2.05) is 0 Å². The van der Waals surface area contributed by atoms with Gasteiger partial charge in [-0.15, -0.1) is 0 Å². The van der Waals surface area contributed by atoms with Crippen LogP contribution >= 0.6 is 0 Å². The van der Waals surface area contributed by atoms with Gasteiger partial charge in [0.25, 0.3) is 0 Å². The smallest absolute Gasteiger partial charge is 0.0412 e. The lowest BCUT2D eigenvalue weighted by molar-refractivity contribution is 0.583. The molecule has 0 aromatic carbocycles. The summed E-state index contributed by atoms with van der Waals surface area (Å²) in [4.78, 5) is 3.38. The summed E-state index contributed by atoms with van der Waals surface area (Å²) in [6.07, 6.45) is 10.5. The minimum absolute atomic E-state index is 0.700. The number of allylic oxidation sites excluding steroid dienone is 1. The maximum Gasteiger partial charge on any atom is 0.0412 e. The molecule has 0 amide bonds. The number of aromatic nitrogens is 1. The summed E-state index contributed by atoms with van der Waals surface area (Å²) in [5, 5.41) is 0. The molecule has 0 saturated carbocycles. The Kier molecular flexibility index (Phi) is 2.99. The van der Waals surface area contributed by atoms with Crippen molar-refractivity contribution in [3.63, 3.8) is 0 Å². The van der Waals surface area contributed by atoms with Gasteiger partial charge in [-0.05, 0) is 48.3 Å². The summed E-state index contributed by atoms with van der Waals surface area (Å²) in [7, 11) is 0. The summed E-state index contributed by atoms with van der Waals surface area (Å²) >= 11 is 0. The molecular formula is C14H21N. The molecular weight excluding hydrogens is 182 g/mol. The van der Waals surface area contributed by atoms with Crippen LogP contribution in [-0.4, -0.2) is 4.98 Å². The maximum atomic E-state index is 3.38. The van der Waals surface area contributed by atoms with Crippen molar-refractivity contribution in [2.75, 3.05) is 0 Å². The molecule has 0 spiro atoms. The molecule has 15 heavy (non-hydrogen) atoms. The molecule has 1 aromatic rings. The molecule has 0 radical (unpaired) electrons. The first-order chi connectivity index (χ1) is 7.16. The summed E-state index contributed by atoms with van der Waals surface area (Å²) in [5.74, 6) is 1.50. The van der Waals surface area contributed by atoms with E-state index >= 15 is 0 Å². The average molecular weight is 203 g/mol. The third-order valence-electron chi connectivity index (χ3n) is 3.22. The molecule has 1 N–H and O–H groups in total. The Morgan fingerprint density at radius 3 is 3.00 bits per heavy atom. The Bertz CT molecular complexity index is 357. The summed E-state index contributed by atoms with van der Waals surface area (Å²) < 4.78 is 0. The second-order valence-electron chi connectivity index (χ2n) is 5.18. The van der Waals surface area contributed by atoms with E-state index in [1.165, 1.54) is 30.5 Å². The van der Waals surface area contributed by atoms with E-state index in [4.69, 9.17) is 0 Å². The Balaban J connectivity index is 2.13. The largest absolute Gasteiger partial charge is 0.361 e. The van der Waals surface area contributed by atoms with E-state index < -0.39 is 0 Å². The fourth-order valence-corrected chi connectivity index (χ4v) is 2.22. The molecule has 0 bridgehead atoms. The fraction of sp³-hybridized carbons (Fsp3) is 0.571. The molecule has 1 heteroatoms. The zero-order valence-corrected chi connectivity index (χ0v) is 10.0. The predicted molar refractivity (Wildman–Crippen MR) is 65.9 cm³/mol. The topological polar surface area (TPSA) is 15.8 Å². The number of aromatic amines is 1. The summed E-state index contributed by atoms with van der Waals surface area (Å²) in [6.45, 7) is 6.88. The number of H-pyrrole nitrogens is 1. The highest BCUT2D eigenvalue weighted by atomic mass is 14.7. The van der Waals surface area contributed by atoms with Crippen LogP contribution in [0, 0.1) is 11.8 Å². The molecule has 1 atom stereocenters. The SMILES string of the molecule is CC(C)CCc1c[nH]c2c1CC(C)C=C2. The fourth-order valence-electron chi connectivity index (χ4n) is 2.22. The van der Waals surface area contributed by atoms with Gasteiger partial charge >= 0.3 is 0 Å². The molecule has 0 saturated heterocycles. The Hall–Kier alpha value is -0.980. The van der Waals surface area contributed by atoms with Crippen molar-refractivity contribution in [3.05, 3.63) is 29.1 Å². The minimum Gasteiger partial charge on any atom is -0.361 e. The Morgan fingerprint density at radius 1 is 1.47 bits per heavy atom. The normalized spacial score (nSPS) is 19.6. The van der Waals surface area contributed by atoms with Crippen LogP contribution in [0.25, 0.3) is 6.08 Å². The van der Waals surface area contributed by atoms with Crippen molar-refractivity contribution < 1.29 is 0 Å². The van der Waals surface area contributed by atoms with Crippen molar-refractivity contribution in [2.24, 2.45) is 11.8 Å². The summed E-state index contributed by atoms with van der Waals surface area (Å²) in [6, 6.07) is 0. The van der Waals surface area contributed by atoms with Gasteiger partial charge in [0.2, 0.25) is 0 Å². The number of hydrogen-bond donors (Lipinski definition) is 1. The minimum atomic E-state index is 0.700. The van der Waals surface area contributed by atoms with Crippen molar-refractivity contribution in [1.29, 1.82) is 0 Å². The van der Waals surface area contributed by atoms with Crippen LogP contribution in [-0.2, 0) is 12.8 Å². The molecule has 2 rings (SSSR count). The van der Waals surface area contributed by atoms with Crippen molar-refractivity contribution in [1.82, 2.24) is 4.98 Å². The first-order valence-electron chi connectivity index (χ1n) is 6.04. The molecule has 1 heterocycles. The van der Waals surface area contributed by atoms with E-state index in [0.29, 0.717) is 5.92 Å². The second-order valence-corrected chi connectivity index (χ2v) is 5.18. The lowest BCUT2D eigenvalue weighted by atomic mass is 9.91. The van der Waals surface area contributed by atoms with E-state index in [1.54, 1.807) is 5.56 Å². The van der Waals surface area contributed by atoms with Crippen LogP contribution in [0.2, 0.25) is 0 Å². The van der Waals surface area contributed by atoms with Crippen LogP contribution in [0.5, 0.6) is 0 Å². The Labute approximate surface area is 92.6 Å². The summed E-state index contributed by atoms with van der Waals surface area (Å²) in [5.41, 5.74) is 4.44. The van der Waals surface area contributed by atoms with Crippen LogP contribution in [0.1, 0.15) is 44.0 Å². The highest BCUT2D eigenvalue weighted by Crippen LogP contribution is 2.26. The number of nitrogens with one attached hydrogen (secondary N) is 1. The number of aryl methyl sites for hydroxylation is 1. The number of fused-ring (bicyclic) bond motifs is 1. The van der Waals surface area contributed by atoms with Gasteiger partial charge in [0.05, 0.1) is 0 Å². The van der Waals surface area contributed by atoms with Gasteiger partial charge in [0.15, 0.2) is 0 Å². The van der Waals surface area contributed by atoms with E-state index in [9.17, 15) is 0 Å². The molecule has 1 aliphatic carbocycles. The van der Waals surface area contributed by atoms with Crippen LogP contribution in [0.4, 0.5) is 0 Å². The monoisotopic (exact) mass is 203 g/mol. The molecule has 82 valence electrons. The van der Waals surface area contributed by atoms with Crippen LogP contribution < -0.4 is 0 Å². The lowest BCUT2D eigenvalue weighted by Crippen LogP contribution is -2.04. The molecule has 1 nitrogen and oxygen atoms in total. The van der Waals surface area contributed by atoms with Crippen LogP contribution in [0.3, 0.4) is 0 Å². The van der Waals surface area contributed by atoms with Gasteiger partial charge in [-0.25, -0.2) is 0 Å². The molecule has 1 unspecified atom stereocenters. The van der Waals surface area contributed by atoms with E-state index in [0.717, 1.165) is 5.92 Å². The quantitative estimate of drug-likeness (QED) is 0.769. The highest BCUT2D eigenvalue weighted by Gasteiger charge is 2.15. The molecule has 0 aliphatic heterocycles. The van der Waals surface area contributed by atoms with Gasteiger partial charge in [0.1, 0.15) is 0 Å². The third-order valence-corrected chi connectivity index (χ3v) is 3.22. The highest BCUT2D eigenvalue weighted by molar-refractivity contribution is 5.55. The van der Waals surface area contributed by atoms with Crippen molar-refractivity contribution in [3.8, 4) is 0 Å². The van der Waals surface area contributed by atoms with Gasteiger partial charge in [-0.1, -0.05) is 26.8 Å². The van der Waals surface area contributed by atoms with Crippen LogP contribution in [0.15, 0.2) is 12.3 Å². The van der Waals surface area contributed by atoms with E-state index in [2.05, 4.69) is 44.1 Å². The molecule has 1 aliphatic rings. The maximum absolute atomic E-state index is 3.38. The van der Waals surface area contributed by atoms with Crippen molar-refractivity contribution in [2.45, 2.75) is 40.0 Å². The van der Waals surface area contributed by atoms with Gasteiger partial charge in [-0.2, -0.15) is 0 Å². The van der Waals surface area contributed by atoms with E-state index in [-0.39, 0.29) is 0 Å². The first-order valence-corrected chi connectivity index (χ1v) is 6.04. The zero-order chi connectivity index (χ0) is 10.8. The average Bonchev–Trinajstić information content (AvgIpc) is 2.57. The van der Waals surface area contributed by atoms with Gasteiger partial charge < -0.3 is 4.98 Å². The molecule has 0 fully saturated rings. The van der Waals surface area contributed by atoms with Crippen molar-refractivity contribution >= 4 is 6.08 Å². The molecule has 1 aromatic heterocycles. The first kappa shape index (κ1) is 10.5. The zero-order valence-electron chi connectivity index (χ0n) is 10.0. The second kappa shape index (κ2) is 4.26. The lowest BCUT2D eigenvalue weighted by Gasteiger charge is -2.14. The Morgan fingerprint density at radius 2 is 2.27 bits per heavy atom. The third kappa shape index (κ3) is 2.34. The number of rotatable bonds is 3. The van der Waals surface area contributed by atoms with Gasteiger partial charge in [-0.3, -0.25) is 0 Å². The predicted octanol–water partition coefficient (Wildman–Crippen LogP) is 3.81.